The summed E-state index contributed by atoms with van der Waals surface area (Å²) >= 11 is 0. The highest BCUT2D eigenvalue weighted by Gasteiger charge is 2.29. The lowest BCUT2D eigenvalue weighted by Gasteiger charge is -2.08. The molecule has 2 aromatic carbocycles. The summed E-state index contributed by atoms with van der Waals surface area (Å²) in [4.78, 5) is 8.58. The Morgan fingerprint density at radius 2 is 1.65 bits per heavy atom. The van der Waals surface area contributed by atoms with E-state index in [4.69, 9.17) is 4.74 Å². The molecule has 0 fully saturated rings. The summed E-state index contributed by atoms with van der Waals surface area (Å²) in [6.07, 6.45) is 0.233. The number of para-hydroxylation sites is 2. The number of pyridine rings is 1. The van der Waals surface area contributed by atoms with E-state index in [-0.39, 0.29) is 6.61 Å². The van der Waals surface area contributed by atoms with Gasteiger partial charge in [0.2, 0.25) is 0 Å². The van der Waals surface area contributed by atoms with E-state index in [0.717, 1.165) is 27.1 Å². The quantitative estimate of drug-likeness (QED) is 0.327. The SMILES string of the molecule is Cn1c(COc2ccc(-c3nn(CC(F)(F)F)cc3-c3ccncc3)cc2)nc2ccccc21. The van der Waals surface area contributed by atoms with Crippen molar-refractivity contribution in [2.75, 3.05) is 0 Å². The van der Waals surface area contributed by atoms with E-state index < -0.39 is 12.7 Å². The zero-order chi connectivity index (χ0) is 23.7. The summed E-state index contributed by atoms with van der Waals surface area (Å²) in [5.74, 6) is 1.41. The fourth-order valence-corrected chi connectivity index (χ4v) is 3.82. The molecule has 0 bridgehead atoms. The van der Waals surface area contributed by atoms with Crippen molar-refractivity contribution in [1.29, 1.82) is 0 Å². The molecule has 0 atom stereocenters. The predicted octanol–water partition coefficient (Wildman–Crippen LogP) is 5.64. The molecule has 0 N–H and O–H groups in total. The van der Waals surface area contributed by atoms with E-state index in [0.29, 0.717) is 22.6 Å². The van der Waals surface area contributed by atoms with Crippen LogP contribution in [0.5, 0.6) is 5.75 Å². The molecule has 6 nitrogen and oxygen atoms in total. The van der Waals surface area contributed by atoms with Gasteiger partial charge in [0.25, 0.3) is 0 Å². The molecule has 0 aliphatic rings. The maximum atomic E-state index is 13.0. The number of hydrogen-bond donors (Lipinski definition) is 0. The van der Waals surface area contributed by atoms with Crippen LogP contribution in [0.25, 0.3) is 33.4 Å². The second-order valence-electron chi connectivity index (χ2n) is 7.83. The van der Waals surface area contributed by atoms with Crippen LogP contribution in [0, 0.1) is 0 Å². The first kappa shape index (κ1) is 21.7. The van der Waals surface area contributed by atoms with Gasteiger partial charge < -0.3 is 9.30 Å². The van der Waals surface area contributed by atoms with Gasteiger partial charge in [0.1, 0.15) is 30.4 Å². The monoisotopic (exact) mass is 463 g/mol. The van der Waals surface area contributed by atoms with Crippen molar-refractivity contribution in [3.63, 3.8) is 0 Å². The molecule has 5 rings (SSSR count). The number of hydrogen-bond acceptors (Lipinski definition) is 4. The summed E-state index contributed by atoms with van der Waals surface area (Å²) in [6.45, 7) is -0.878. The molecule has 5 aromatic rings. The van der Waals surface area contributed by atoms with Gasteiger partial charge in [0, 0.05) is 36.8 Å². The summed E-state index contributed by atoms with van der Waals surface area (Å²) in [5, 5.41) is 4.22. The van der Waals surface area contributed by atoms with E-state index in [1.807, 2.05) is 35.9 Å². The molecular formula is C25H20F3N5O. The molecule has 0 saturated heterocycles. The van der Waals surface area contributed by atoms with E-state index in [1.54, 1.807) is 48.8 Å². The molecule has 0 unspecified atom stereocenters. The Kier molecular flexibility index (Phi) is 5.53. The van der Waals surface area contributed by atoms with Crippen LogP contribution in [0.15, 0.2) is 79.3 Å². The Morgan fingerprint density at radius 1 is 0.912 bits per heavy atom. The summed E-state index contributed by atoms with van der Waals surface area (Å²) in [5.41, 5.74) is 4.40. The number of imidazole rings is 1. The van der Waals surface area contributed by atoms with Crippen molar-refractivity contribution in [3.05, 3.63) is 85.1 Å². The number of ether oxygens (including phenoxy) is 1. The van der Waals surface area contributed by atoms with Gasteiger partial charge in [-0.2, -0.15) is 18.3 Å². The van der Waals surface area contributed by atoms with Gasteiger partial charge in [-0.15, -0.1) is 0 Å². The molecule has 0 amide bonds. The molecule has 3 aromatic heterocycles. The maximum absolute atomic E-state index is 13.0. The van der Waals surface area contributed by atoms with Crippen molar-refractivity contribution < 1.29 is 17.9 Å². The van der Waals surface area contributed by atoms with Crippen LogP contribution < -0.4 is 4.74 Å². The van der Waals surface area contributed by atoms with E-state index in [1.165, 1.54) is 6.20 Å². The molecule has 3 heterocycles. The number of aryl methyl sites for hydroxylation is 1. The second-order valence-corrected chi connectivity index (χ2v) is 7.83. The van der Waals surface area contributed by atoms with Crippen LogP contribution in [0.4, 0.5) is 13.2 Å². The molecule has 0 aliphatic carbocycles. The third-order valence-corrected chi connectivity index (χ3v) is 5.47. The lowest BCUT2D eigenvalue weighted by atomic mass is 10.0. The largest absolute Gasteiger partial charge is 0.486 e. The Hall–Kier alpha value is -4.14. The lowest BCUT2D eigenvalue weighted by molar-refractivity contribution is -0.142. The predicted molar refractivity (Wildman–Crippen MR) is 122 cm³/mol. The van der Waals surface area contributed by atoms with Crippen molar-refractivity contribution in [2.45, 2.75) is 19.3 Å². The Balaban J connectivity index is 1.39. The number of nitrogens with zero attached hydrogens (tertiary/aromatic N) is 5. The molecular weight excluding hydrogens is 443 g/mol. The number of benzene rings is 2. The number of aromatic nitrogens is 5. The smallest absolute Gasteiger partial charge is 0.408 e. The average molecular weight is 463 g/mol. The van der Waals surface area contributed by atoms with E-state index >= 15 is 0 Å². The first-order valence-electron chi connectivity index (χ1n) is 10.6. The molecule has 34 heavy (non-hydrogen) atoms. The third kappa shape index (κ3) is 4.50. The molecule has 172 valence electrons. The number of fused-ring (bicyclic) bond motifs is 1. The van der Waals surface area contributed by atoms with Gasteiger partial charge in [-0.25, -0.2) is 4.98 Å². The van der Waals surface area contributed by atoms with Gasteiger partial charge >= 0.3 is 6.18 Å². The lowest BCUT2D eigenvalue weighted by Crippen LogP contribution is -2.17. The van der Waals surface area contributed by atoms with Crippen molar-refractivity contribution in [3.8, 4) is 28.1 Å². The zero-order valence-corrected chi connectivity index (χ0v) is 18.2. The molecule has 0 spiro atoms. The summed E-state index contributed by atoms with van der Waals surface area (Å²) in [6, 6.07) is 18.5. The van der Waals surface area contributed by atoms with Gasteiger partial charge in [-0.05, 0) is 54.1 Å². The fourth-order valence-electron chi connectivity index (χ4n) is 3.82. The first-order valence-corrected chi connectivity index (χ1v) is 10.6. The van der Waals surface area contributed by atoms with Gasteiger partial charge in [-0.1, -0.05) is 12.1 Å². The summed E-state index contributed by atoms with van der Waals surface area (Å²) in [7, 11) is 1.94. The highest BCUT2D eigenvalue weighted by Crippen LogP contribution is 2.33. The van der Waals surface area contributed by atoms with Crippen LogP contribution in [-0.4, -0.2) is 30.5 Å². The Morgan fingerprint density at radius 3 is 2.35 bits per heavy atom. The first-order chi connectivity index (χ1) is 16.4. The zero-order valence-electron chi connectivity index (χ0n) is 18.2. The number of halogens is 3. The van der Waals surface area contributed by atoms with Gasteiger partial charge in [0.05, 0.1) is 11.0 Å². The normalized spacial score (nSPS) is 11.8. The van der Waals surface area contributed by atoms with Crippen molar-refractivity contribution in [1.82, 2.24) is 24.3 Å². The number of rotatable bonds is 6. The van der Waals surface area contributed by atoms with Crippen LogP contribution in [0.1, 0.15) is 5.82 Å². The minimum Gasteiger partial charge on any atom is -0.486 e. The minimum absolute atomic E-state index is 0.285. The summed E-state index contributed by atoms with van der Waals surface area (Å²) < 4.78 is 47.7. The minimum atomic E-state index is -4.37. The maximum Gasteiger partial charge on any atom is 0.408 e. The fraction of sp³-hybridized carbons (Fsp3) is 0.160. The van der Waals surface area contributed by atoms with Gasteiger partial charge in [-0.3, -0.25) is 9.67 Å². The van der Waals surface area contributed by atoms with E-state index in [9.17, 15) is 13.2 Å². The molecule has 0 aliphatic heterocycles. The molecule has 0 radical (unpaired) electrons. The van der Waals surface area contributed by atoms with Crippen LogP contribution in [0.3, 0.4) is 0 Å². The average Bonchev–Trinajstić information content (AvgIpc) is 3.38. The standard InChI is InChI=1S/C25H20F3N5O/c1-32-22-5-3-2-4-21(22)30-23(32)15-34-19-8-6-18(7-9-19)24-20(17-10-12-29-13-11-17)14-33(31-24)16-25(26,27)28/h2-14H,15-16H2,1H3. The van der Waals surface area contributed by atoms with Crippen LogP contribution in [0.2, 0.25) is 0 Å². The third-order valence-electron chi connectivity index (χ3n) is 5.47. The topological polar surface area (TPSA) is 57.8 Å². The van der Waals surface area contributed by atoms with Crippen LogP contribution >= 0.6 is 0 Å². The van der Waals surface area contributed by atoms with Crippen molar-refractivity contribution in [2.24, 2.45) is 7.05 Å². The van der Waals surface area contributed by atoms with E-state index in [2.05, 4.69) is 15.1 Å². The Labute approximate surface area is 193 Å². The van der Waals surface area contributed by atoms with Gasteiger partial charge in [0.15, 0.2) is 0 Å². The highest BCUT2D eigenvalue weighted by atomic mass is 19.4. The Bertz CT molecular complexity index is 1420. The second kappa shape index (κ2) is 8.66. The highest BCUT2D eigenvalue weighted by molar-refractivity contribution is 5.80. The van der Waals surface area contributed by atoms with Crippen LogP contribution in [-0.2, 0) is 20.2 Å². The molecule has 0 saturated carbocycles. The molecule has 9 heteroatoms. The van der Waals surface area contributed by atoms with Crippen molar-refractivity contribution >= 4 is 11.0 Å². The number of alkyl halides is 3.